The number of rotatable bonds is 5. The van der Waals surface area contributed by atoms with Crippen LogP contribution in [0.1, 0.15) is 22.6 Å². The van der Waals surface area contributed by atoms with Crippen LogP contribution in [0, 0.1) is 6.92 Å². The zero-order valence-corrected chi connectivity index (χ0v) is 21.7. The van der Waals surface area contributed by atoms with Crippen LogP contribution in [0.2, 0.25) is 0 Å². The number of halogens is 6. The van der Waals surface area contributed by atoms with Crippen LogP contribution in [0.4, 0.5) is 26.3 Å². The number of alkyl halides is 6. The van der Waals surface area contributed by atoms with E-state index in [1.807, 2.05) is 0 Å². The summed E-state index contributed by atoms with van der Waals surface area (Å²) in [4.78, 5) is 22.8. The Morgan fingerprint density at radius 2 is 1.45 bits per heavy atom. The number of hydrogen-bond acceptors (Lipinski definition) is 5. The third-order valence-corrected chi connectivity index (χ3v) is 6.79. The fourth-order valence-electron chi connectivity index (χ4n) is 4.64. The van der Waals surface area contributed by atoms with E-state index in [0.717, 1.165) is 22.3 Å². The summed E-state index contributed by atoms with van der Waals surface area (Å²) in [6.07, 6.45) is -12.0. The minimum atomic E-state index is -6.06. The molecule has 216 valence electrons. The van der Waals surface area contributed by atoms with Crippen molar-refractivity contribution in [1.29, 1.82) is 0 Å². The molecule has 0 atom stereocenters. The Bertz CT molecular complexity index is 1820. The normalized spacial score (nSPS) is 12.6. The Hall–Kier alpha value is -4.71. The number of aromatic hydroxyl groups is 1. The molecule has 0 saturated heterocycles. The van der Waals surface area contributed by atoms with Crippen molar-refractivity contribution in [2.24, 2.45) is 0 Å². The molecule has 0 aliphatic heterocycles. The van der Waals surface area contributed by atoms with E-state index in [1.54, 1.807) is 55.5 Å². The maximum Gasteiger partial charge on any atom is 0.430 e. The largest absolute Gasteiger partial charge is 0.506 e. The first-order valence-electron chi connectivity index (χ1n) is 12.4. The van der Waals surface area contributed by atoms with Crippen LogP contribution in [0.5, 0.6) is 5.75 Å². The van der Waals surface area contributed by atoms with Gasteiger partial charge < -0.3 is 10.2 Å². The molecule has 42 heavy (non-hydrogen) atoms. The van der Waals surface area contributed by atoms with Gasteiger partial charge in [0, 0.05) is 23.2 Å². The summed E-state index contributed by atoms with van der Waals surface area (Å²) in [6, 6.07) is 19.3. The van der Waals surface area contributed by atoms with Gasteiger partial charge in [-0.15, -0.1) is 0 Å². The molecule has 0 saturated carbocycles. The maximum absolute atomic E-state index is 13.9. The smallest absolute Gasteiger partial charge is 0.430 e. The van der Waals surface area contributed by atoms with Crippen molar-refractivity contribution < 1.29 is 36.6 Å². The third kappa shape index (κ3) is 4.98. The van der Waals surface area contributed by atoms with Crippen LogP contribution >= 0.6 is 0 Å². The SMILES string of the molecule is Cc1ccc(O)c(-c2ccc3nc(Cc4ccccc4)n(-c4ccc(C(O)(C(F)(F)F)C(F)(F)F)cc4)c(=O)c3c2)n1. The molecule has 2 N–H and O–H groups in total. The first-order chi connectivity index (χ1) is 19.7. The molecular formula is C30H21F6N3O3. The number of pyridine rings is 1. The van der Waals surface area contributed by atoms with Crippen LogP contribution in [0.3, 0.4) is 0 Å². The third-order valence-electron chi connectivity index (χ3n) is 6.79. The number of benzene rings is 3. The van der Waals surface area contributed by atoms with Crippen LogP contribution in [-0.2, 0) is 12.0 Å². The summed E-state index contributed by atoms with van der Waals surface area (Å²) in [5.74, 6) is 0.0315. The Morgan fingerprint density at radius 3 is 2.07 bits per heavy atom. The average molecular weight is 586 g/mol. The van der Waals surface area contributed by atoms with Crippen LogP contribution in [0.25, 0.3) is 27.8 Å². The second kappa shape index (κ2) is 10.3. The number of aliphatic hydroxyl groups is 1. The molecule has 5 rings (SSSR count). The summed E-state index contributed by atoms with van der Waals surface area (Å²) in [7, 11) is 0. The minimum Gasteiger partial charge on any atom is -0.506 e. The number of aryl methyl sites for hydroxylation is 1. The van der Waals surface area contributed by atoms with E-state index in [2.05, 4.69) is 9.97 Å². The highest BCUT2D eigenvalue weighted by Gasteiger charge is 2.71. The summed E-state index contributed by atoms with van der Waals surface area (Å²) in [5.41, 5.74) is -5.08. The van der Waals surface area contributed by atoms with Gasteiger partial charge in [-0.1, -0.05) is 48.5 Å². The van der Waals surface area contributed by atoms with Crippen molar-refractivity contribution in [2.75, 3.05) is 0 Å². The molecule has 3 aromatic carbocycles. The van der Waals surface area contributed by atoms with Crippen molar-refractivity contribution in [3.05, 3.63) is 118 Å². The highest BCUT2D eigenvalue weighted by molar-refractivity contribution is 5.84. The van der Waals surface area contributed by atoms with Gasteiger partial charge in [0.1, 0.15) is 17.3 Å². The average Bonchev–Trinajstić information content (AvgIpc) is 2.93. The van der Waals surface area contributed by atoms with Gasteiger partial charge in [0.05, 0.1) is 16.6 Å². The van der Waals surface area contributed by atoms with Crippen molar-refractivity contribution in [3.8, 4) is 22.7 Å². The van der Waals surface area contributed by atoms with Gasteiger partial charge >= 0.3 is 12.4 Å². The quantitative estimate of drug-likeness (QED) is 0.234. The Labute approximate surface area is 234 Å². The molecule has 0 fully saturated rings. The van der Waals surface area contributed by atoms with Gasteiger partial charge in [-0.25, -0.2) is 9.97 Å². The molecule has 0 amide bonds. The second-order valence-electron chi connectivity index (χ2n) is 9.64. The van der Waals surface area contributed by atoms with Gasteiger partial charge in [0.15, 0.2) is 0 Å². The molecule has 6 nitrogen and oxygen atoms in total. The van der Waals surface area contributed by atoms with Crippen LogP contribution < -0.4 is 5.56 Å². The summed E-state index contributed by atoms with van der Waals surface area (Å²) in [6.45, 7) is 1.72. The molecule has 2 aromatic heterocycles. The van der Waals surface area contributed by atoms with Gasteiger partial charge in [0.25, 0.3) is 11.2 Å². The Balaban J connectivity index is 1.71. The minimum absolute atomic E-state index is 0.0678. The fourth-order valence-corrected chi connectivity index (χ4v) is 4.64. The summed E-state index contributed by atoms with van der Waals surface area (Å²) < 4.78 is 81.7. The first kappa shape index (κ1) is 28.8. The monoisotopic (exact) mass is 585 g/mol. The van der Waals surface area contributed by atoms with Gasteiger partial charge in [-0.2, -0.15) is 26.3 Å². The molecule has 0 unspecified atom stereocenters. The van der Waals surface area contributed by atoms with E-state index in [1.165, 1.54) is 12.1 Å². The van der Waals surface area contributed by atoms with Crippen molar-refractivity contribution in [3.63, 3.8) is 0 Å². The molecule has 0 bridgehead atoms. The van der Waals surface area contributed by atoms with Crippen molar-refractivity contribution in [2.45, 2.75) is 31.3 Å². The van der Waals surface area contributed by atoms with E-state index in [9.17, 15) is 41.4 Å². The molecule has 5 aromatic rings. The number of fused-ring (bicyclic) bond motifs is 1. The van der Waals surface area contributed by atoms with E-state index in [-0.39, 0.29) is 40.3 Å². The molecule has 0 radical (unpaired) electrons. The Kier molecular flexibility index (Phi) is 7.05. The lowest BCUT2D eigenvalue weighted by Gasteiger charge is -2.32. The lowest BCUT2D eigenvalue weighted by atomic mass is 9.92. The molecule has 0 aliphatic rings. The van der Waals surface area contributed by atoms with Crippen molar-refractivity contribution >= 4 is 10.9 Å². The number of nitrogens with zero attached hydrogens (tertiary/aromatic N) is 3. The van der Waals surface area contributed by atoms with Gasteiger partial charge in [-0.3, -0.25) is 9.36 Å². The lowest BCUT2D eigenvalue weighted by Crippen LogP contribution is -2.53. The fraction of sp³-hybridized carbons (Fsp3) is 0.167. The predicted octanol–water partition coefficient (Wildman–Crippen LogP) is 6.36. The highest BCUT2D eigenvalue weighted by Crippen LogP contribution is 2.50. The molecule has 2 heterocycles. The Morgan fingerprint density at radius 1 is 0.810 bits per heavy atom. The maximum atomic E-state index is 13.9. The standard InChI is InChI=1S/C30H21F6N3O3/c1-17-7-14-24(40)26(37-17)19-8-13-23-22(16-19)27(41)39(25(38-23)15-18-5-3-2-4-6-18)21-11-9-20(10-12-21)28(42,29(31,32)33)30(34,35)36/h2-14,16,40,42H,15H2,1H3. The van der Waals surface area contributed by atoms with E-state index < -0.39 is 29.1 Å². The summed E-state index contributed by atoms with van der Waals surface area (Å²) >= 11 is 0. The van der Waals surface area contributed by atoms with Crippen LogP contribution in [0.15, 0.2) is 89.7 Å². The molecule has 12 heteroatoms. The molecule has 0 spiro atoms. The first-order valence-corrected chi connectivity index (χ1v) is 12.4. The number of hydrogen-bond donors (Lipinski definition) is 2. The van der Waals surface area contributed by atoms with Gasteiger partial charge in [-0.05, 0) is 48.9 Å². The number of aromatic nitrogens is 3. The van der Waals surface area contributed by atoms with Crippen LogP contribution in [-0.4, -0.2) is 37.1 Å². The van der Waals surface area contributed by atoms with E-state index in [0.29, 0.717) is 23.4 Å². The summed E-state index contributed by atoms with van der Waals surface area (Å²) in [5, 5.41) is 20.2. The zero-order valence-electron chi connectivity index (χ0n) is 21.7. The second-order valence-corrected chi connectivity index (χ2v) is 9.64. The van der Waals surface area contributed by atoms with Gasteiger partial charge in [0.2, 0.25) is 0 Å². The molecule has 0 aliphatic carbocycles. The van der Waals surface area contributed by atoms with E-state index >= 15 is 0 Å². The molecular weight excluding hydrogens is 564 g/mol. The lowest BCUT2D eigenvalue weighted by molar-refractivity contribution is -0.376. The zero-order chi connectivity index (χ0) is 30.4. The van der Waals surface area contributed by atoms with Crippen molar-refractivity contribution in [1.82, 2.24) is 14.5 Å². The topological polar surface area (TPSA) is 88.2 Å². The highest BCUT2D eigenvalue weighted by atomic mass is 19.4. The predicted molar refractivity (Wildman–Crippen MR) is 142 cm³/mol. The van der Waals surface area contributed by atoms with E-state index in [4.69, 9.17) is 0 Å².